The quantitative estimate of drug-likeness (QED) is 0.765. The number of hydrogen-bond acceptors (Lipinski definition) is 5. The number of hydrogen-bond donors (Lipinski definition) is 0. The van der Waals surface area contributed by atoms with E-state index >= 15 is 0 Å². The van der Waals surface area contributed by atoms with Gasteiger partial charge in [-0.15, -0.1) is 0 Å². The highest BCUT2D eigenvalue weighted by atomic mass is 16.5. The molecule has 0 bridgehead atoms. The Labute approximate surface area is 94.8 Å². The molecule has 1 aromatic heterocycles. The molecule has 0 aromatic carbocycles. The smallest absolute Gasteiger partial charge is 0.229 e. The van der Waals surface area contributed by atoms with Crippen LogP contribution < -0.4 is 0 Å². The van der Waals surface area contributed by atoms with Crippen molar-refractivity contribution in [1.29, 1.82) is 0 Å². The Kier molecular flexibility index (Phi) is 3.33. The third kappa shape index (κ3) is 2.66. The summed E-state index contributed by atoms with van der Waals surface area (Å²) in [5.74, 6) is 1.64. The Morgan fingerprint density at radius 1 is 1.50 bits per heavy atom. The van der Waals surface area contributed by atoms with Crippen molar-refractivity contribution in [3.8, 4) is 0 Å². The van der Waals surface area contributed by atoms with Gasteiger partial charge in [-0.3, -0.25) is 4.79 Å². The molecule has 1 aliphatic rings. The molecule has 0 radical (unpaired) electrons. The first kappa shape index (κ1) is 11.3. The van der Waals surface area contributed by atoms with Crippen LogP contribution in [-0.2, 0) is 11.2 Å². The van der Waals surface area contributed by atoms with Gasteiger partial charge in [0.25, 0.3) is 0 Å². The van der Waals surface area contributed by atoms with E-state index in [4.69, 9.17) is 4.52 Å². The molecule has 1 aromatic rings. The number of carbonyl (C=O) groups is 1. The Balaban J connectivity index is 1.99. The van der Waals surface area contributed by atoms with E-state index in [0.29, 0.717) is 17.6 Å². The van der Waals surface area contributed by atoms with Gasteiger partial charge in [0.1, 0.15) is 5.78 Å². The van der Waals surface area contributed by atoms with E-state index in [2.05, 4.69) is 22.1 Å². The summed E-state index contributed by atoms with van der Waals surface area (Å²) >= 11 is 0. The third-order valence-electron chi connectivity index (χ3n) is 2.96. The zero-order valence-corrected chi connectivity index (χ0v) is 9.77. The van der Waals surface area contributed by atoms with Crippen molar-refractivity contribution in [3.05, 3.63) is 11.7 Å². The molecule has 2 heterocycles. The Morgan fingerprint density at radius 2 is 2.19 bits per heavy atom. The summed E-state index contributed by atoms with van der Waals surface area (Å²) in [6.07, 6.45) is 2.38. The van der Waals surface area contributed by atoms with Crippen LogP contribution in [0.5, 0.6) is 0 Å². The lowest BCUT2D eigenvalue weighted by atomic mass is 9.97. The second-order valence-electron chi connectivity index (χ2n) is 4.51. The summed E-state index contributed by atoms with van der Waals surface area (Å²) in [4.78, 5) is 17.5. The number of likely N-dealkylation sites (tertiary alicyclic amines) is 1. The van der Waals surface area contributed by atoms with Gasteiger partial charge in [-0.2, -0.15) is 4.98 Å². The molecule has 1 saturated heterocycles. The summed E-state index contributed by atoms with van der Waals surface area (Å²) in [6.45, 7) is 3.66. The van der Waals surface area contributed by atoms with Gasteiger partial charge in [-0.25, -0.2) is 0 Å². The largest absolute Gasteiger partial charge is 0.339 e. The van der Waals surface area contributed by atoms with Gasteiger partial charge in [0, 0.05) is 5.92 Å². The molecule has 16 heavy (non-hydrogen) atoms. The highest BCUT2D eigenvalue weighted by Crippen LogP contribution is 2.25. The predicted octanol–water partition coefficient (Wildman–Crippen LogP) is 1.01. The number of nitrogens with zero attached hydrogens (tertiary/aromatic N) is 3. The monoisotopic (exact) mass is 223 g/mol. The molecule has 0 spiro atoms. The van der Waals surface area contributed by atoms with Gasteiger partial charge < -0.3 is 9.42 Å². The average Bonchev–Trinajstić information content (AvgIpc) is 2.66. The lowest BCUT2D eigenvalue weighted by Crippen LogP contribution is -2.29. The van der Waals surface area contributed by atoms with E-state index in [0.717, 1.165) is 25.9 Å². The first-order valence-corrected chi connectivity index (χ1v) is 5.65. The number of Topliss-reactive ketones (excluding diaryl/α,β-unsaturated/α-hetero) is 1. The van der Waals surface area contributed by atoms with Crippen LogP contribution in [0.25, 0.3) is 0 Å². The van der Waals surface area contributed by atoms with Crippen LogP contribution in [-0.4, -0.2) is 41.0 Å². The molecule has 0 N–H and O–H groups in total. The summed E-state index contributed by atoms with van der Waals surface area (Å²) in [5, 5.41) is 3.83. The van der Waals surface area contributed by atoms with Crippen molar-refractivity contribution in [3.63, 3.8) is 0 Å². The topological polar surface area (TPSA) is 59.2 Å². The average molecular weight is 223 g/mol. The van der Waals surface area contributed by atoms with Gasteiger partial charge >= 0.3 is 0 Å². The molecule has 5 heteroatoms. The van der Waals surface area contributed by atoms with Crippen LogP contribution in [0, 0.1) is 0 Å². The minimum absolute atomic E-state index is 0.0655. The van der Waals surface area contributed by atoms with Gasteiger partial charge in [0.2, 0.25) is 5.89 Å². The summed E-state index contributed by atoms with van der Waals surface area (Å²) in [7, 11) is 2.12. The van der Waals surface area contributed by atoms with E-state index in [1.54, 1.807) is 0 Å². The lowest BCUT2D eigenvalue weighted by molar-refractivity contribution is -0.116. The Bertz CT molecular complexity index is 367. The molecule has 5 nitrogen and oxygen atoms in total. The van der Waals surface area contributed by atoms with Crippen molar-refractivity contribution in [1.82, 2.24) is 15.0 Å². The zero-order chi connectivity index (χ0) is 11.5. The number of rotatable bonds is 3. The fourth-order valence-corrected chi connectivity index (χ4v) is 1.98. The fraction of sp³-hybridized carbons (Fsp3) is 0.727. The van der Waals surface area contributed by atoms with Crippen molar-refractivity contribution in [2.75, 3.05) is 20.1 Å². The van der Waals surface area contributed by atoms with Crippen LogP contribution >= 0.6 is 0 Å². The molecule has 2 rings (SSSR count). The van der Waals surface area contributed by atoms with Crippen molar-refractivity contribution >= 4 is 5.78 Å². The Hall–Kier alpha value is -1.23. The SMILES string of the molecule is CC(=O)Cc1noc(C2CCN(C)CC2)n1. The molecule has 88 valence electrons. The first-order valence-electron chi connectivity index (χ1n) is 5.65. The molecule has 1 fully saturated rings. The fourth-order valence-electron chi connectivity index (χ4n) is 1.98. The molecule has 1 aliphatic heterocycles. The number of carbonyl (C=O) groups excluding carboxylic acids is 1. The highest BCUT2D eigenvalue weighted by molar-refractivity contribution is 5.77. The summed E-state index contributed by atoms with van der Waals surface area (Å²) in [5.41, 5.74) is 0. The first-order chi connectivity index (χ1) is 7.65. The molecule has 0 unspecified atom stereocenters. The maximum absolute atomic E-state index is 10.9. The summed E-state index contributed by atoms with van der Waals surface area (Å²) in [6, 6.07) is 0. The van der Waals surface area contributed by atoms with E-state index in [-0.39, 0.29) is 12.2 Å². The molecule has 0 atom stereocenters. The standard InChI is InChI=1S/C11H17N3O2/c1-8(15)7-10-12-11(16-13-10)9-3-5-14(2)6-4-9/h9H,3-7H2,1-2H3. The Morgan fingerprint density at radius 3 is 2.81 bits per heavy atom. The minimum atomic E-state index is 0.0655. The van der Waals surface area contributed by atoms with Gasteiger partial charge in [0.15, 0.2) is 5.82 Å². The van der Waals surface area contributed by atoms with Crippen molar-refractivity contribution in [2.24, 2.45) is 0 Å². The van der Waals surface area contributed by atoms with E-state index < -0.39 is 0 Å². The third-order valence-corrected chi connectivity index (χ3v) is 2.96. The molecular weight excluding hydrogens is 206 g/mol. The van der Waals surface area contributed by atoms with E-state index in [1.165, 1.54) is 6.92 Å². The number of ketones is 1. The van der Waals surface area contributed by atoms with Crippen LogP contribution in [0.1, 0.15) is 37.4 Å². The van der Waals surface area contributed by atoms with Gasteiger partial charge in [-0.05, 0) is 39.9 Å². The van der Waals surface area contributed by atoms with E-state index in [9.17, 15) is 4.79 Å². The highest BCUT2D eigenvalue weighted by Gasteiger charge is 2.23. The predicted molar refractivity (Wildman–Crippen MR) is 58.2 cm³/mol. The zero-order valence-electron chi connectivity index (χ0n) is 9.77. The van der Waals surface area contributed by atoms with Crippen LogP contribution in [0.3, 0.4) is 0 Å². The molecule has 0 saturated carbocycles. The van der Waals surface area contributed by atoms with Crippen molar-refractivity contribution < 1.29 is 9.32 Å². The number of aromatic nitrogens is 2. The minimum Gasteiger partial charge on any atom is -0.339 e. The second kappa shape index (κ2) is 4.74. The number of piperidine rings is 1. The summed E-state index contributed by atoms with van der Waals surface area (Å²) < 4.78 is 5.21. The van der Waals surface area contributed by atoms with Crippen LogP contribution in [0.4, 0.5) is 0 Å². The lowest BCUT2D eigenvalue weighted by Gasteiger charge is -2.26. The van der Waals surface area contributed by atoms with Gasteiger partial charge in [0.05, 0.1) is 6.42 Å². The molecule has 0 amide bonds. The normalized spacial score (nSPS) is 18.9. The maximum atomic E-state index is 10.9. The second-order valence-corrected chi connectivity index (χ2v) is 4.51. The molecular formula is C11H17N3O2. The molecule has 0 aliphatic carbocycles. The van der Waals surface area contributed by atoms with Crippen LogP contribution in [0.2, 0.25) is 0 Å². The van der Waals surface area contributed by atoms with E-state index in [1.807, 2.05) is 0 Å². The van der Waals surface area contributed by atoms with Crippen LogP contribution in [0.15, 0.2) is 4.52 Å². The van der Waals surface area contributed by atoms with Gasteiger partial charge in [-0.1, -0.05) is 5.16 Å². The maximum Gasteiger partial charge on any atom is 0.229 e. The van der Waals surface area contributed by atoms with Crippen molar-refractivity contribution in [2.45, 2.75) is 32.1 Å².